The van der Waals surface area contributed by atoms with Crippen LogP contribution >= 0.6 is 0 Å². The van der Waals surface area contributed by atoms with E-state index in [9.17, 15) is 9.59 Å². The molecule has 1 aliphatic carbocycles. The lowest BCUT2D eigenvalue weighted by molar-refractivity contribution is -0.119. The number of pyridine rings is 2. The van der Waals surface area contributed by atoms with Crippen LogP contribution in [0.3, 0.4) is 0 Å². The van der Waals surface area contributed by atoms with Gasteiger partial charge < -0.3 is 9.80 Å². The fourth-order valence-electron chi connectivity index (χ4n) is 4.74. The molecular formula is C25H24N6O2. The zero-order valence-corrected chi connectivity index (χ0v) is 18.8. The van der Waals surface area contributed by atoms with Gasteiger partial charge in [0.1, 0.15) is 6.04 Å². The topological polar surface area (TPSA) is 76.3 Å². The predicted octanol–water partition coefficient (Wildman–Crippen LogP) is 3.21. The predicted molar refractivity (Wildman–Crippen MR) is 128 cm³/mol. The highest BCUT2D eigenvalue weighted by Gasteiger charge is 2.42. The third-order valence-corrected chi connectivity index (χ3v) is 6.60. The first-order valence-corrected chi connectivity index (χ1v) is 11.2. The summed E-state index contributed by atoms with van der Waals surface area (Å²) in [5.74, 6) is 1.31. The molecule has 33 heavy (non-hydrogen) atoms. The van der Waals surface area contributed by atoms with Crippen LogP contribution in [0.2, 0.25) is 0 Å². The van der Waals surface area contributed by atoms with Crippen LogP contribution in [0.25, 0.3) is 22.4 Å². The number of hydrogen-bond acceptors (Lipinski definition) is 5. The Balaban J connectivity index is 1.62. The quantitative estimate of drug-likeness (QED) is 0.489. The van der Waals surface area contributed by atoms with Crippen molar-refractivity contribution in [3.63, 3.8) is 0 Å². The molecule has 1 aliphatic heterocycles. The van der Waals surface area contributed by atoms with Crippen LogP contribution in [0.15, 0.2) is 59.5 Å². The largest absolute Gasteiger partial charge is 0.340 e. The van der Waals surface area contributed by atoms with E-state index in [4.69, 9.17) is 4.98 Å². The van der Waals surface area contributed by atoms with Crippen molar-refractivity contribution in [2.24, 2.45) is 0 Å². The Kier molecular flexibility index (Phi) is 4.20. The maximum absolute atomic E-state index is 13.6. The lowest BCUT2D eigenvalue weighted by Crippen LogP contribution is -2.52. The van der Waals surface area contributed by atoms with E-state index in [2.05, 4.69) is 9.88 Å². The molecule has 166 valence electrons. The van der Waals surface area contributed by atoms with E-state index < -0.39 is 0 Å². The Labute approximate surface area is 190 Å². The van der Waals surface area contributed by atoms with Gasteiger partial charge in [0, 0.05) is 18.8 Å². The number of fused-ring (bicyclic) bond motifs is 2. The second-order valence-corrected chi connectivity index (χ2v) is 8.83. The van der Waals surface area contributed by atoms with Gasteiger partial charge in [-0.3, -0.25) is 14.6 Å². The molecule has 0 saturated heterocycles. The molecule has 1 fully saturated rings. The average molecular weight is 441 g/mol. The van der Waals surface area contributed by atoms with Crippen LogP contribution in [0.1, 0.15) is 25.5 Å². The summed E-state index contributed by atoms with van der Waals surface area (Å²) < 4.78 is 3.46. The summed E-state index contributed by atoms with van der Waals surface area (Å²) in [6.07, 6.45) is 3.85. The monoisotopic (exact) mass is 440 g/mol. The summed E-state index contributed by atoms with van der Waals surface area (Å²) in [6, 6.07) is 15.1. The molecule has 1 amide bonds. The average Bonchev–Trinajstić information content (AvgIpc) is 3.62. The van der Waals surface area contributed by atoms with Crippen molar-refractivity contribution >= 4 is 28.3 Å². The van der Waals surface area contributed by atoms with Crippen molar-refractivity contribution < 1.29 is 4.79 Å². The number of carbonyl (C=O) groups is 1. The smallest absolute Gasteiger partial charge is 0.281 e. The number of amides is 1. The van der Waals surface area contributed by atoms with E-state index in [1.54, 1.807) is 22.8 Å². The summed E-state index contributed by atoms with van der Waals surface area (Å²) in [5, 5.41) is 0.609. The molecule has 0 radical (unpaired) electrons. The van der Waals surface area contributed by atoms with Crippen molar-refractivity contribution in [3.05, 3.63) is 70.8 Å². The molecule has 8 nitrogen and oxygen atoms in total. The number of likely N-dealkylation sites (N-methyl/N-ethyl adjacent to an activating group) is 1. The van der Waals surface area contributed by atoms with Crippen LogP contribution in [-0.4, -0.2) is 44.4 Å². The Morgan fingerprint density at radius 2 is 1.76 bits per heavy atom. The number of nitrogens with zero attached hydrogens (tertiary/aromatic N) is 6. The van der Waals surface area contributed by atoms with Gasteiger partial charge in [0.15, 0.2) is 11.6 Å². The Morgan fingerprint density at radius 1 is 0.970 bits per heavy atom. The van der Waals surface area contributed by atoms with E-state index in [0.29, 0.717) is 17.2 Å². The Morgan fingerprint density at radius 3 is 2.48 bits per heavy atom. The standard InChI is InChI=1S/C25H24N6O2/c1-15-8-9-18(14-26-15)30-20-7-5-4-6-19(20)25(33)31(30)22-13-12-21-23(27-22)29(17-10-11-17)16(2)24(32)28(21)3/h4-9,12-14,16-17H,10-11H2,1-3H3. The van der Waals surface area contributed by atoms with E-state index >= 15 is 0 Å². The van der Waals surface area contributed by atoms with Crippen molar-refractivity contribution in [2.45, 2.75) is 38.8 Å². The molecule has 1 unspecified atom stereocenters. The summed E-state index contributed by atoms with van der Waals surface area (Å²) in [4.78, 5) is 39.6. The molecule has 1 atom stereocenters. The van der Waals surface area contributed by atoms with Gasteiger partial charge in [-0.05, 0) is 63.1 Å². The van der Waals surface area contributed by atoms with Crippen molar-refractivity contribution in [1.82, 2.24) is 19.3 Å². The molecule has 0 spiro atoms. The zero-order chi connectivity index (χ0) is 22.9. The first-order chi connectivity index (χ1) is 16.0. The molecule has 0 bridgehead atoms. The van der Waals surface area contributed by atoms with Gasteiger partial charge in [-0.25, -0.2) is 9.67 Å². The molecule has 2 aliphatic rings. The van der Waals surface area contributed by atoms with Crippen molar-refractivity contribution in [3.8, 4) is 11.5 Å². The molecule has 6 rings (SSSR count). The SMILES string of the molecule is Cc1ccc(-n2c3ccccc3c(=O)n2-c2ccc3c(n2)N(C2CC2)C(C)C(=O)N3C)cn1. The van der Waals surface area contributed by atoms with Crippen LogP contribution < -0.4 is 15.4 Å². The minimum absolute atomic E-state index is 0.0564. The fourth-order valence-corrected chi connectivity index (χ4v) is 4.74. The second kappa shape index (κ2) is 7.03. The minimum atomic E-state index is -0.290. The van der Waals surface area contributed by atoms with Gasteiger partial charge in [0.2, 0.25) is 5.91 Å². The van der Waals surface area contributed by atoms with Gasteiger partial charge >= 0.3 is 0 Å². The van der Waals surface area contributed by atoms with Gasteiger partial charge in [0.05, 0.1) is 28.5 Å². The van der Waals surface area contributed by atoms with Crippen molar-refractivity contribution in [1.29, 1.82) is 0 Å². The Bertz CT molecular complexity index is 1460. The highest BCUT2D eigenvalue weighted by Crippen LogP contribution is 2.41. The normalized spacial score (nSPS) is 18.2. The number of para-hydroxylation sites is 1. The van der Waals surface area contributed by atoms with Gasteiger partial charge in [-0.1, -0.05) is 12.1 Å². The van der Waals surface area contributed by atoms with E-state index in [0.717, 1.165) is 41.2 Å². The molecule has 1 aromatic carbocycles. The van der Waals surface area contributed by atoms with Crippen molar-refractivity contribution in [2.75, 3.05) is 16.8 Å². The van der Waals surface area contributed by atoms with Crippen LogP contribution in [0.4, 0.5) is 11.5 Å². The third-order valence-electron chi connectivity index (χ3n) is 6.60. The van der Waals surface area contributed by atoms with Crippen LogP contribution in [-0.2, 0) is 4.79 Å². The maximum Gasteiger partial charge on any atom is 0.281 e. The first kappa shape index (κ1) is 19.7. The summed E-state index contributed by atoms with van der Waals surface area (Å²) in [5.41, 5.74) is 3.08. The lowest BCUT2D eigenvalue weighted by atomic mass is 10.1. The highest BCUT2D eigenvalue weighted by atomic mass is 16.2. The lowest BCUT2D eigenvalue weighted by Gasteiger charge is -2.39. The molecule has 4 heterocycles. The number of carbonyl (C=O) groups excluding carboxylic acids is 1. The van der Waals surface area contributed by atoms with E-state index in [1.807, 2.05) is 67.1 Å². The minimum Gasteiger partial charge on any atom is -0.340 e. The molecule has 8 heteroatoms. The maximum atomic E-state index is 13.6. The number of aryl methyl sites for hydroxylation is 1. The molecule has 4 aromatic rings. The van der Waals surface area contributed by atoms with Crippen LogP contribution in [0, 0.1) is 6.92 Å². The van der Waals surface area contributed by atoms with E-state index in [-0.39, 0.29) is 17.5 Å². The summed E-state index contributed by atoms with van der Waals surface area (Å²) in [7, 11) is 1.78. The number of benzene rings is 1. The third kappa shape index (κ3) is 2.90. The number of hydrogen-bond donors (Lipinski definition) is 0. The Hall–Kier alpha value is -3.94. The van der Waals surface area contributed by atoms with Gasteiger partial charge in [-0.15, -0.1) is 0 Å². The second-order valence-electron chi connectivity index (χ2n) is 8.83. The number of aromatic nitrogens is 4. The molecule has 3 aromatic heterocycles. The van der Waals surface area contributed by atoms with Gasteiger partial charge in [0.25, 0.3) is 5.56 Å². The number of rotatable bonds is 3. The zero-order valence-electron chi connectivity index (χ0n) is 18.8. The molecule has 0 N–H and O–H groups in total. The molecule has 1 saturated carbocycles. The molecular weight excluding hydrogens is 416 g/mol. The fraction of sp³-hybridized carbons (Fsp3) is 0.280. The summed E-state index contributed by atoms with van der Waals surface area (Å²) >= 11 is 0. The summed E-state index contributed by atoms with van der Waals surface area (Å²) in [6.45, 7) is 3.86. The number of anilines is 2. The highest BCUT2D eigenvalue weighted by molar-refractivity contribution is 6.04. The van der Waals surface area contributed by atoms with E-state index in [1.165, 1.54) is 0 Å². The first-order valence-electron chi connectivity index (χ1n) is 11.2. The van der Waals surface area contributed by atoms with Gasteiger partial charge in [-0.2, -0.15) is 4.68 Å². The van der Waals surface area contributed by atoms with Crippen LogP contribution in [0.5, 0.6) is 0 Å².